The molecule has 1 fully saturated rings. The summed E-state index contributed by atoms with van der Waals surface area (Å²) >= 11 is 1.49. The van der Waals surface area contributed by atoms with Crippen molar-refractivity contribution in [3.05, 3.63) is 47.1 Å². The molecule has 5 heterocycles. The first kappa shape index (κ1) is 17.3. The second-order valence-electron chi connectivity index (χ2n) is 6.95. The molecule has 4 aromatic rings. The number of fused-ring (bicyclic) bond motifs is 1. The fraction of sp³-hybridized carbons (Fsp3) is 0.368. The van der Waals surface area contributed by atoms with E-state index in [4.69, 9.17) is 19.4 Å². The van der Waals surface area contributed by atoms with E-state index < -0.39 is 0 Å². The Bertz CT molecular complexity index is 1120. The molecule has 8 nitrogen and oxygen atoms in total. The molecule has 1 aliphatic rings. The zero-order valence-corrected chi connectivity index (χ0v) is 16.5. The predicted molar refractivity (Wildman–Crippen MR) is 105 cm³/mol. The molecule has 0 unspecified atom stereocenters. The molecule has 0 aromatic carbocycles. The molecule has 144 valence electrons. The number of hydrogen-bond acceptors (Lipinski definition) is 7. The van der Waals surface area contributed by atoms with Crippen molar-refractivity contribution in [2.45, 2.75) is 25.9 Å². The highest BCUT2D eigenvalue weighted by Crippen LogP contribution is 2.29. The van der Waals surface area contributed by atoms with E-state index in [1.165, 1.54) is 11.5 Å². The predicted octanol–water partition coefficient (Wildman–Crippen LogP) is 2.68. The molecular weight excluding hydrogens is 376 g/mol. The van der Waals surface area contributed by atoms with Crippen molar-refractivity contribution in [3.63, 3.8) is 0 Å². The number of rotatable bonds is 5. The Morgan fingerprint density at radius 3 is 3.00 bits per heavy atom. The average Bonchev–Trinajstić information content (AvgIpc) is 3.43. The summed E-state index contributed by atoms with van der Waals surface area (Å²) < 4.78 is 19.9. The number of nitrogens with zero attached hydrogens (tertiary/aromatic N) is 6. The van der Waals surface area contributed by atoms with Gasteiger partial charge in [0, 0.05) is 37.2 Å². The normalized spacial score (nSPS) is 16.9. The van der Waals surface area contributed by atoms with Crippen LogP contribution in [0.25, 0.3) is 16.7 Å². The third-order valence-corrected chi connectivity index (χ3v) is 5.57. The van der Waals surface area contributed by atoms with Crippen LogP contribution >= 0.6 is 11.5 Å². The minimum atomic E-state index is 0.00819. The molecule has 0 aliphatic carbocycles. The standard InChI is InChI=1S/C19H20N6O2S/c1-12-7-15(28-23-12)8-17-21-16-3-5-25(13-9-20-24(2)10-13)18(16)19(22-17)27-14-4-6-26-11-14/h3,5,7,9-10,14H,4,6,8,11H2,1-2H3/t14-/m0/s1. The van der Waals surface area contributed by atoms with Gasteiger partial charge in [0.2, 0.25) is 5.88 Å². The summed E-state index contributed by atoms with van der Waals surface area (Å²) in [6.07, 6.45) is 7.26. The molecule has 9 heteroatoms. The highest BCUT2D eigenvalue weighted by molar-refractivity contribution is 7.05. The van der Waals surface area contributed by atoms with Crippen LogP contribution < -0.4 is 4.74 Å². The van der Waals surface area contributed by atoms with Crippen LogP contribution in [0.2, 0.25) is 0 Å². The Balaban J connectivity index is 1.59. The first-order valence-corrected chi connectivity index (χ1v) is 9.96. The molecule has 5 rings (SSSR count). The van der Waals surface area contributed by atoms with Crippen molar-refractivity contribution in [1.82, 2.24) is 28.7 Å². The third kappa shape index (κ3) is 3.27. The maximum absolute atomic E-state index is 6.26. The Labute approximate surface area is 165 Å². The van der Waals surface area contributed by atoms with E-state index in [9.17, 15) is 0 Å². The van der Waals surface area contributed by atoms with Crippen LogP contribution in [-0.4, -0.2) is 48.0 Å². The highest BCUT2D eigenvalue weighted by Gasteiger charge is 2.22. The topological polar surface area (TPSA) is 79.9 Å². The van der Waals surface area contributed by atoms with Crippen LogP contribution in [0.15, 0.2) is 30.7 Å². The van der Waals surface area contributed by atoms with Crippen LogP contribution in [0.3, 0.4) is 0 Å². The molecule has 0 saturated carbocycles. The average molecular weight is 396 g/mol. The van der Waals surface area contributed by atoms with E-state index in [2.05, 4.69) is 15.5 Å². The highest BCUT2D eigenvalue weighted by atomic mass is 32.1. The lowest BCUT2D eigenvalue weighted by Gasteiger charge is -2.14. The van der Waals surface area contributed by atoms with Gasteiger partial charge in [-0.15, -0.1) is 0 Å². The fourth-order valence-electron chi connectivity index (χ4n) is 3.39. The van der Waals surface area contributed by atoms with Crippen LogP contribution in [0.4, 0.5) is 0 Å². The molecule has 1 aliphatic heterocycles. The van der Waals surface area contributed by atoms with E-state index in [0.29, 0.717) is 18.9 Å². The van der Waals surface area contributed by atoms with Gasteiger partial charge in [-0.2, -0.15) is 14.5 Å². The summed E-state index contributed by atoms with van der Waals surface area (Å²) in [7, 11) is 1.90. The summed E-state index contributed by atoms with van der Waals surface area (Å²) in [5.41, 5.74) is 3.66. The molecule has 1 atom stereocenters. The van der Waals surface area contributed by atoms with E-state index in [0.717, 1.165) is 46.1 Å². The summed E-state index contributed by atoms with van der Waals surface area (Å²) in [5.74, 6) is 1.32. The van der Waals surface area contributed by atoms with Gasteiger partial charge < -0.3 is 14.0 Å². The lowest BCUT2D eigenvalue weighted by molar-refractivity contribution is 0.139. The van der Waals surface area contributed by atoms with Crippen LogP contribution in [-0.2, 0) is 18.2 Å². The van der Waals surface area contributed by atoms with Gasteiger partial charge >= 0.3 is 0 Å². The van der Waals surface area contributed by atoms with Gasteiger partial charge in [-0.25, -0.2) is 4.98 Å². The lowest BCUT2D eigenvalue weighted by atomic mass is 10.3. The summed E-state index contributed by atoms with van der Waals surface area (Å²) in [6.45, 7) is 3.30. The molecule has 28 heavy (non-hydrogen) atoms. The van der Waals surface area contributed by atoms with E-state index in [1.807, 2.05) is 43.2 Å². The zero-order chi connectivity index (χ0) is 19.1. The Hall–Kier alpha value is -2.78. The SMILES string of the molecule is Cc1cc(Cc2nc(O[C@H]3CCOC3)c3c(ccn3-c3cnn(C)c3)n2)sn1. The number of aryl methyl sites for hydroxylation is 2. The second-order valence-corrected chi connectivity index (χ2v) is 7.84. The van der Waals surface area contributed by atoms with Gasteiger partial charge in [-0.3, -0.25) is 4.68 Å². The number of ether oxygens (including phenoxy) is 2. The summed E-state index contributed by atoms with van der Waals surface area (Å²) in [5, 5.41) is 4.28. The van der Waals surface area contributed by atoms with Gasteiger partial charge in [-0.1, -0.05) is 0 Å². The number of aromatic nitrogens is 6. The molecular formula is C19H20N6O2S. The first-order chi connectivity index (χ1) is 13.7. The van der Waals surface area contributed by atoms with E-state index in [-0.39, 0.29) is 6.10 Å². The van der Waals surface area contributed by atoms with Crippen LogP contribution in [0, 0.1) is 6.92 Å². The van der Waals surface area contributed by atoms with Gasteiger partial charge in [0.15, 0.2) is 0 Å². The minimum absolute atomic E-state index is 0.00819. The Morgan fingerprint density at radius 1 is 1.36 bits per heavy atom. The van der Waals surface area contributed by atoms with Gasteiger partial charge in [-0.05, 0) is 30.6 Å². The first-order valence-electron chi connectivity index (χ1n) is 9.19. The maximum Gasteiger partial charge on any atom is 0.242 e. The van der Waals surface area contributed by atoms with Gasteiger partial charge in [0.25, 0.3) is 0 Å². The Kier molecular flexibility index (Phi) is 4.33. The molecule has 0 spiro atoms. The van der Waals surface area contributed by atoms with Crippen molar-refractivity contribution in [1.29, 1.82) is 0 Å². The maximum atomic E-state index is 6.26. The smallest absolute Gasteiger partial charge is 0.242 e. The van der Waals surface area contributed by atoms with Crippen molar-refractivity contribution >= 4 is 22.6 Å². The zero-order valence-electron chi connectivity index (χ0n) is 15.7. The van der Waals surface area contributed by atoms with Crippen LogP contribution in [0.1, 0.15) is 22.8 Å². The molecule has 0 N–H and O–H groups in total. The molecule has 0 radical (unpaired) electrons. The van der Waals surface area contributed by atoms with Crippen molar-refractivity contribution < 1.29 is 9.47 Å². The molecule has 4 aromatic heterocycles. The fourth-order valence-corrected chi connectivity index (χ4v) is 4.12. The monoisotopic (exact) mass is 396 g/mol. The largest absolute Gasteiger partial charge is 0.470 e. The quantitative estimate of drug-likeness (QED) is 0.516. The van der Waals surface area contributed by atoms with Crippen molar-refractivity contribution in [3.8, 4) is 11.6 Å². The lowest BCUT2D eigenvalue weighted by Crippen LogP contribution is -2.18. The van der Waals surface area contributed by atoms with E-state index >= 15 is 0 Å². The summed E-state index contributed by atoms with van der Waals surface area (Å²) in [4.78, 5) is 10.7. The summed E-state index contributed by atoms with van der Waals surface area (Å²) in [6, 6.07) is 4.06. The Morgan fingerprint density at radius 2 is 2.29 bits per heavy atom. The molecule has 0 amide bonds. The molecule has 1 saturated heterocycles. The number of hydrogen-bond donors (Lipinski definition) is 0. The van der Waals surface area contributed by atoms with Gasteiger partial charge in [0.1, 0.15) is 17.4 Å². The van der Waals surface area contributed by atoms with E-state index in [1.54, 1.807) is 4.68 Å². The second kappa shape index (κ2) is 6.99. The van der Waals surface area contributed by atoms with Crippen LogP contribution in [0.5, 0.6) is 5.88 Å². The minimum Gasteiger partial charge on any atom is -0.470 e. The van der Waals surface area contributed by atoms with Crippen molar-refractivity contribution in [2.75, 3.05) is 13.2 Å². The van der Waals surface area contributed by atoms with Crippen molar-refractivity contribution in [2.24, 2.45) is 7.05 Å². The third-order valence-electron chi connectivity index (χ3n) is 4.69. The molecule has 0 bridgehead atoms. The van der Waals surface area contributed by atoms with Gasteiger partial charge in [0.05, 0.1) is 36.3 Å².